The SMILES string of the molecule is COc1ccc([N+](=O)[O-])c(N(C)CCN2CCNCC2)c1. The summed E-state index contributed by atoms with van der Waals surface area (Å²) < 4.78 is 5.17. The summed E-state index contributed by atoms with van der Waals surface area (Å²) in [5.41, 5.74) is 0.702. The van der Waals surface area contributed by atoms with Gasteiger partial charge in [0.15, 0.2) is 0 Å². The Balaban J connectivity index is 2.05. The van der Waals surface area contributed by atoms with Gasteiger partial charge in [0.25, 0.3) is 5.69 Å². The molecule has 0 bridgehead atoms. The Morgan fingerprint density at radius 2 is 2.14 bits per heavy atom. The van der Waals surface area contributed by atoms with Crippen molar-refractivity contribution in [2.75, 3.05) is 58.3 Å². The van der Waals surface area contributed by atoms with E-state index < -0.39 is 0 Å². The van der Waals surface area contributed by atoms with Gasteiger partial charge in [0.05, 0.1) is 12.0 Å². The highest BCUT2D eigenvalue weighted by Crippen LogP contribution is 2.31. The number of piperazine rings is 1. The second kappa shape index (κ2) is 7.24. The third-order valence-electron chi connectivity index (χ3n) is 3.75. The number of anilines is 1. The highest BCUT2D eigenvalue weighted by atomic mass is 16.6. The van der Waals surface area contributed by atoms with Crippen LogP contribution in [0.25, 0.3) is 0 Å². The Morgan fingerprint density at radius 3 is 2.76 bits per heavy atom. The molecule has 0 radical (unpaired) electrons. The van der Waals surface area contributed by atoms with E-state index in [-0.39, 0.29) is 10.6 Å². The van der Waals surface area contributed by atoms with Crippen LogP contribution in [0.4, 0.5) is 11.4 Å². The van der Waals surface area contributed by atoms with Crippen LogP contribution in [0.2, 0.25) is 0 Å². The van der Waals surface area contributed by atoms with Crippen molar-refractivity contribution in [2.24, 2.45) is 0 Å². The third-order valence-corrected chi connectivity index (χ3v) is 3.75. The molecule has 21 heavy (non-hydrogen) atoms. The first-order chi connectivity index (χ1) is 10.1. The largest absolute Gasteiger partial charge is 0.497 e. The molecule has 1 saturated heterocycles. The molecule has 116 valence electrons. The van der Waals surface area contributed by atoms with Gasteiger partial charge in [-0.05, 0) is 6.07 Å². The normalized spacial score (nSPS) is 15.7. The molecule has 1 fully saturated rings. The van der Waals surface area contributed by atoms with E-state index in [0.717, 1.165) is 39.3 Å². The fourth-order valence-corrected chi connectivity index (χ4v) is 2.44. The Morgan fingerprint density at radius 1 is 1.43 bits per heavy atom. The van der Waals surface area contributed by atoms with Crippen LogP contribution in [-0.4, -0.2) is 63.2 Å². The zero-order valence-corrected chi connectivity index (χ0v) is 12.5. The number of nitro groups is 1. The topological polar surface area (TPSA) is 70.9 Å². The van der Waals surface area contributed by atoms with Crippen LogP contribution in [0.15, 0.2) is 18.2 Å². The quantitative estimate of drug-likeness (QED) is 0.622. The van der Waals surface area contributed by atoms with Gasteiger partial charge in [-0.15, -0.1) is 0 Å². The number of nitro benzene ring substituents is 1. The number of hydrogen-bond acceptors (Lipinski definition) is 6. The van der Waals surface area contributed by atoms with Crippen molar-refractivity contribution in [3.63, 3.8) is 0 Å². The predicted octanol–water partition coefficient (Wildman–Crippen LogP) is 0.945. The van der Waals surface area contributed by atoms with Gasteiger partial charge in [0.2, 0.25) is 0 Å². The molecular formula is C14H22N4O3. The summed E-state index contributed by atoms with van der Waals surface area (Å²) in [6, 6.07) is 4.83. The number of likely N-dealkylation sites (N-methyl/N-ethyl adjacent to an activating group) is 1. The minimum absolute atomic E-state index is 0.110. The number of nitrogens with one attached hydrogen (secondary N) is 1. The highest BCUT2D eigenvalue weighted by molar-refractivity contribution is 5.65. The molecule has 7 heteroatoms. The summed E-state index contributed by atoms with van der Waals surface area (Å²) in [4.78, 5) is 15.1. The van der Waals surface area contributed by atoms with Crippen LogP contribution < -0.4 is 15.0 Å². The lowest BCUT2D eigenvalue weighted by molar-refractivity contribution is -0.384. The maximum Gasteiger partial charge on any atom is 0.292 e. The first-order valence-electron chi connectivity index (χ1n) is 7.08. The van der Waals surface area contributed by atoms with Gasteiger partial charge in [0, 0.05) is 58.4 Å². The molecule has 2 rings (SSSR count). The molecular weight excluding hydrogens is 272 g/mol. The summed E-state index contributed by atoms with van der Waals surface area (Å²) in [5.74, 6) is 0.629. The van der Waals surface area contributed by atoms with E-state index in [1.165, 1.54) is 6.07 Å². The molecule has 7 nitrogen and oxygen atoms in total. The van der Waals surface area contributed by atoms with E-state index in [1.807, 2.05) is 11.9 Å². The third kappa shape index (κ3) is 4.05. The predicted molar refractivity (Wildman–Crippen MR) is 82.2 cm³/mol. The number of hydrogen-bond donors (Lipinski definition) is 1. The summed E-state index contributed by atoms with van der Waals surface area (Å²) in [6.07, 6.45) is 0. The van der Waals surface area contributed by atoms with Crippen LogP contribution in [0.3, 0.4) is 0 Å². The molecule has 1 aromatic rings. The second-order valence-electron chi connectivity index (χ2n) is 5.12. The van der Waals surface area contributed by atoms with Crippen LogP contribution in [-0.2, 0) is 0 Å². The average molecular weight is 294 g/mol. The summed E-state index contributed by atoms with van der Waals surface area (Å²) in [6.45, 7) is 5.69. The molecule has 0 saturated carbocycles. The lowest BCUT2D eigenvalue weighted by Crippen LogP contribution is -2.46. The Hall–Kier alpha value is -1.86. The molecule has 0 unspecified atom stereocenters. The molecule has 1 N–H and O–H groups in total. The van der Waals surface area contributed by atoms with Gasteiger partial charge in [0.1, 0.15) is 11.4 Å². The number of methoxy groups -OCH3 is 1. The van der Waals surface area contributed by atoms with Gasteiger partial charge < -0.3 is 15.0 Å². The van der Waals surface area contributed by atoms with Crippen LogP contribution in [0.5, 0.6) is 5.75 Å². The average Bonchev–Trinajstić information content (AvgIpc) is 2.52. The van der Waals surface area contributed by atoms with Gasteiger partial charge in [-0.2, -0.15) is 0 Å². The molecule has 1 aliphatic heterocycles. The maximum absolute atomic E-state index is 11.2. The molecule has 1 heterocycles. The maximum atomic E-state index is 11.2. The van der Waals surface area contributed by atoms with Crippen molar-refractivity contribution in [2.45, 2.75) is 0 Å². The number of rotatable bonds is 6. The van der Waals surface area contributed by atoms with E-state index >= 15 is 0 Å². The van der Waals surface area contributed by atoms with E-state index in [4.69, 9.17) is 4.74 Å². The first kappa shape index (κ1) is 15.5. The second-order valence-corrected chi connectivity index (χ2v) is 5.12. The number of ether oxygens (including phenoxy) is 1. The van der Waals surface area contributed by atoms with E-state index in [0.29, 0.717) is 11.4 Å². The smallest absolute Gasteiger partial charge is 0.292 e. The van der Waals surface area contributed by atoms with Crippen molar-refractivity contribution >= 4 is 11.4 Å². The van der Waals surface area contributed by atoms with Gasteiger partial charge in [-0.1, -0.05) is 0 Å². The van der Waals surface area contributed by atoms with Crippen LogP contribution in [0, 0.1) is 10.1 Å². The fraction of sp³-hybridized carbons (Fsp3) is 0.571. The standard InChI is InChI=1S/C14H22N4O3/c1-16(9-10-17-7-5-15-6-8-17)14-11-12(21-2)3-4-13(14)18(19)20/h3-4,11,15H,5-10H2,1-2H3. The van der Waals surface area contributed by atoms with E-state index in [9.17, 15) is 10.1 Å². The molecule has 0 amide bonds. The minimum Gasteiger partial charge on any atom is -0.497 e. The van der Waals surface area contributed by atoms with Crippen molar-refractivity contribution in [1.82, 2.24) is 10.2 Å². The summed E-state index contributed by atoms with van der Waals surface area (Å²) in [7, 11) is 3.44. The Bertz CT molecular complexity index is 489. The number of nitrogens with zero attached hydrogens (tertiary/aromatic N) is 3. The molecule has 0 spiro atoms. The highest BCUT2D eigenvalue weighted by Gasteiger charge is 2.19. The van der Waals surface area contributed by atoms with Gasteiger partial charge in [-0.3, -0.25) is 15.0 Å². The molecule has 1 aromatic carbocycles. The lowest BCUT2D eigenvalue weighted by Gasteiger charge is -2.29. The first-order valence-corrected chi connectivity index (χ1v) is 7.08. The molecule has 0 aromatic heterocycles. The van der Waals surface area contributed by atoms with Crippen molar-refractivity contribution in [3.8, 4) is 5.75 Å². The van der Waals surface area contributed by atoms with Gasteiger partial charge >= 0.3 is 0 Å². The summed E-state index contributed by atoms with van der Waals surface area (Å²) >= 11 is 0. The Labute approximate surface area is 124 Å². The van der Waals surface area contributed by atoms with Crippen molar-refractivity contribution in [1.29, 1.82) is 0 Å². The van der Waals surface area contributed by atoms with E-state index in [2.05, 4.69) is 10.2 Å². The zero-order chi connectivity index (χ0) is 15.2. The molecule has 0 atom stereocenters. The van der Waals surface area contributed by atoms with Crippen molar-refractivity contribution in [3.05, 3.63) is 28.3 Å². The van der Waals surface area contributed by atoms with Crippen LogP contribution in [0.1, 0.15) is 0 Å². The lowest BCUT2D eigenvalue weighted by atomic mass is 10.2. The minimum atomic E-state index is -0.351. The monoisotopic (exact) mass is 294 g/mol. The van der Waals surface area contributed by atoms with Crippen molar-refractivity contribution < 1.29 is 9.66 Å². The van der Waals surface area contributed by atoms with E-state index in [1.54, 1.807) is 19.2 Å². The zero-order valence-electron chi connectivity index (χ0n) is 12.5. The fourth-order valence-electron chi connectivity index (χ4n) is 2.44. The molecule has 1 aliphatic rings. The molecule has 0 aliphatic carbocycles. The number of benzene rings is 1. The summed E-state index contributed by atoms with van der Waals surface area (Å²) in [5, 5.41) is 14.5. The van der Waals surface area contributed by atoms with Crippen LogP contribution >= 0.6 is 0 Å². The van der Waals surface area contributed by atoms with Gasteiger partial charge in [-0.25, -0.2) is 0 Å². The Kier molecular flexibility index (Phi) is 5.35.